The minimum absolute atomic E-state index is 0.192. The summed E-state index contributed by atoms with van der Waals surface area (Å²) in [5, 5.41) is 54.4. The van der Waals surface area contributed by atoms with E-state index in [4.69, 9.17) is 9.47 Å². The van der Waals surface area contributed by atoms with E-state index < -0.39 is 49.5 Å². The molecule has 9 heteroatoms. The van der Waals surface area contributed by atoms with Crippen LogP contribution in [0.3, 0.4) is 0 Å². The summed E-state index contributed by atoms with van der Waals surface area (Å²) >= 11 is 0. The molecule has 0 spiro atoms. The lowest BCUT2D eigenvalue weighted by atomic mass is 9.99. The third-order valence-electron chi connectivity index (χ3n) is 12.9. The monoisotopic (exact) mass is 968 g/mol. The predicted molar refractivity (Wildman–Crippen MR) is 290 cm³/mol. The fourth-order valence-electron chi connectivity index (χ4n) is 8.47. The van der Waals surface area contributed by atoms with Crippen LogP contribution in [-0.4, -0.2) is 87.5 Å². The molecule has 1 rings (SSSR count). The summed E-state index contributed by atoms with van der Waals surface area (Å²) in [4.78, 5) is 13.0. The molecule has 1 fully saturated rings. The maximum absolute atomic E-state index is 13.0. The Hall–Kier alpha value is -2.63. The number of aliphatic hydroxyl groups is 5. The summed E-state index contributed by atoms with van der Waals surface area (Å²) in [6, 6.07) is -0.830. The van der Waals surface area contributed by atoms with Gasteiger partial charge in [-0.05, 0) is 83.5 Å². The molecule has 398 valence electrons. The van der Waals surface area contributed by atoms with Crippen molar-refractivity contribution in [3.8, 4) is 0 Å². The van der Waals surface area contributed by atoms with Crippen LogP contribution < -0.4 is 5.32 Å². The van der Waals surface area contributed by atoms with Gasteiger partial charge in [0.15, 0.2) is 6.29 Å². The SMILES string of the molecule is CC/C=C\C/C=C\C/C=C\C/C=C\CCCCCCCCCCCCCCCCCCCCC(=O)NC(COC1OC(CO)C(O)C(O)C1O)C(O)/C=C/CC/C=C/CC/C=C/CCCCCCC. The molecule has 6 N–H and O–H groups in total. The summed E-state index contributed by atoms with van der Waals surface area (Å²) in [7, 11) is 0. The Kier molecular flexibility index (Phi) is 45.7. The first kappa shape index (κ1) is 64.4. The fourth-order valence-corrected chi connectivity index (χ4v) is 8.47. The van der Waals surface area contributed by atoms with Crippen molar-refractivity contribution in [2.45, 2.75) is 275 Å². The van der Waals surface area contributed by atoms with Crippen LogP contribution in [0.2, 0.25) is 0 Å². The van der Waals surface area contributed by atoms with Crippen LogP contribution in [0.5, 0.6) is 0 Å². The van der Waals surface area contributed by atoms with Gasteiger partial charge in [-0.25, -0.2) is 0 Å². The van der Waals surface area contributed by atoms with E-state index in [-0.39, 0.29) is 12.5 Å². The Morgan fingerprint density at radius 3 is 1.39 bits per heavy atom. The number of carbonyl (C=O) groups excluding carboxylic acids is 1. The Morgan fingerprint density at radius 1 is 0.507 bits per heavy atom. The molecule has 1 aliphatic heterocycles. The van der Waals surface area contributed by atoms with E-state index in [0.717, 1.165) is 77.0 Å². The number of rotatable bonds is 47. The van der Waals surface area contributed by atoms with Gasteiger partial charge in [0, 0.05) is 6.42 Å². The first-order valence-electron chi connectivity index (χ1n) is 28.3. The van der Waals surface area contributed by atoms with Crippen molar-refractivity contribution in [2.75, 3.05) is 13.2 Å². The van der Waals surface area contributed by atoms with Crippen molar-refractivity contribution >= 4 is 5.91 Å². The van der Waals surface area contributed by atoms with Crippen molar-refractivity contribution < 1.29 is 39.8 Å². The van der Waals surface area contributed by atoms with Gasteiger partial charge in [-0.2, -0.15) is 0 Å². The van der Waals surface area contributed by atoms with Crippen molar-refractivity contribution in [3.63, 3.8) is 0 Å². The lowest BCUT2D eigenvalue weighted by Gasteiger charge is -2.40. The number of nitrogens with one attached hydrogen (secondary N) is 1. The average molecular weight is 968 g/mol. The molecule has 0 aromatic rings. The first-order valence-corrected chi connectivity index (χ1v) is 28.3. The standard InChI is InChI=1S/C60H105NO8/c1-3-5-7-9-11-13-15-17-19-20-21-22-23-24-25-26-27-28-29-30-31-32-33-34-36-38-40-42-44-46-48-50-56(64)61-53(52-68-60-59(67)58(66)57(65)55(51-62)69-60)54(63)49-47-45-43-41-39-37-35-18-16-14-12-10-8-6-4-2/h5,7,11,13,16-19,21-22,39,41,47,49,53-55,57-60,62-63,65-67H,3-4,6,8-10,12,14-15,20,23-38,40,42-46,48,50-52H2,1-2H3,(H,61,64)/b7-5-,13-11-,18-16+,19-17-,22-21-,41-39+,49-47+. The number of amides is 1. The van der Waals surface area contributed by atoms with E-state index in [1.807, 2.05) is 6.08 Å². The number of hydrogen-bond donors (Lipinski definition) is 6. The molecule has 0 saturated carbocycles. The molecule has 69 heavy (non-hydrogen) atoms. The van der Waals surface area contributed by atoms with Gasteiger partial charge in [0.25, 0.3) is 0 Å². The highest BCUT2D eigenvalue weighted by atomic mass is 16.7. The normalized spacial score (nSPS) is 20.1. The maximum atomic E-state index is 13.0. The van der Waals surface area contributed by atoms with Crippen LogP contribution >= 0.6 is 0 Å². The van der Waals surface area contributed by atoms with Crippen LogP contribution in [0, 0.1) is 0 Å². The van der Waals surface area contributed by atoms with E-state index in [9.17, 15) is 30.3 Å². The largest absolute Gasteiger partial charge is 0.394 e. The molecule has 7 unspecified atom stereocenters. The minimum Gasteiger partial charge on any atom is -0.394 e. The highest BCUT2D eigenvalue weighted by Gasteiger charge is 2.44. The van der Waals surface area contributed by atoms with E-state index in [0.29, 0.717) is 6.42 Å². The molecule has 0 aromatic carbocycles. The lowest BCUT2D eigenvalue weighted by Crippen LogP contribution is -2.60. The molecule has 1 heterocycles. The lowest BCUT2D eigenvalue weighted by molar-refractivity contribution is -0.302. The van der Waals surface area contributed by atoms with Crippen molar-refractivity contribution in [3.05, 3.63) is 85.1 Å². The zero-order valence-corrected chi connectivity index (χ0v) is 44.0. The summed E-state index contributed by atoms with van der Waals surface area (Å²) in [6.45, 7) is 3.63. The Bertz CT molecular complexity index is 1350. The Morgan fingerprint density at radius 2 is 0.913 bits per heavy atom. The van der Waals surface area contributed by atoms with Gasteiger partial charge in [0.2, 0.25) is 5.91 Å². The molecule has 1 aliphatic rings. The fraction of sp³-hybridized carbons (Fsp3) is 0.750. The van der Waals surface area contributed by atoms with Gasteiger partial charge >= 0.3 is 0 Å². The minimum atomic E-state index is -1.58. The van der Waals surface area contributed by atoms with Crippen LogP contribution in [0.25, 0.3) is 0 Å². The molecule has 1 saturated heterocycles. The highest BCUT2D eigenvalue weighted by molar-refractivity contribution is 5.76. The smallest absolute Gasteiger partial charge is 0.220 e. The second-order valence-corrected chi connectivity index (χ2v) is 19.3. The maximum Gasteiger partial charge on any atom is 0.220 e. The van der Waals surface area contributed by atoms with Crippen molar-refractivity contribution in [1.29, 1.82) is 0 Å². The molecule has 0 radical (unpaired) electrons. The highest BCUT2D eigenvalue weighted by Crippen LogP contribution is 2.23. The summed E-state index contributed by atoms with van der Waals surface area (Å²) in [6.07, 6.45) is 62.3. The number of aliphatic hydroxyl groups excluding tert-OH is 5. The summed E-state index contributed by atoms with van der Waals surface area (Å²) < 4.78 is 11.2. The van der Waals surface area contributed by atoms with E-state index >= 15 is 0 Å². The van der Waals surface area contributed by atoms with Gasteiger partial charge in [-0.15, -0.1) is 0 Å². The van der Waals surface area contributed by atoms with Crippen molar-refractivity contribution in [2.24, 2.45) is 0 Å². The van der Waals surface area contributed by atoms with Gasteiger partial charge in [-0.3, -0.25) is 4.79 Å². The topological polar surface area (TPSA) is 149 Å². The van der Waals surface area contributed by atoms with Crippen LogP contribution in [0.15, 0.2) is 85.1 Å². The molecule has 0 bridgehead atoms. The molecular formula is C60H105NO8. The first-order chi connectivity index (χ1) is 33.8. The van der Waals surface area contributed by atoms with Gasteiger partial charge in [0.1, 0.15) is 24.4 Å². The second kappa shape index (κ2) is 49.0. The Balaban J connectivity index is 2.18. The van der Waals surface area contributed by atoms with Crippen LogP contribution in [0.4, 0.5) is 0 Å². The number of allylic oxidation sites excluding steroid dienone is 13. The molecule has 0 aliphatic carbocycles. The van der Waals surface area contributed by atoms with Crippen LogP contribution in [0.1, 0.15) is 232 Å². The second-order valence-electron chi connectivity index (χ2n) is 19.3. The predicted octanol–water partition coefficient (Wildman–Crippen LogP) is 13.8. The number of unbranched alkanes of at least 4 members (excludes halogenated alkanes) is 25. The van der Waals surface area contributed by atoms with Gasteiger partial charge in [0.05, 0.1) is 25.4 Å². The third-order valence-corrected chi connectivity index (χ3v) is 12.9. The van der Waals surface area contributed by atoms with E-state index in [1.54, 1.807) is 6.08 Å². The van der Waals surface area contributed by atoms with E-state index in [1.165, 1.54) is 135 Å². The number of carbonyl (C=O) groups is 1. The zero-order valence-electron chi connectivity index (χ0n) is 44.0. The van der Waals surface area contributed by atoms with Gasteiger partial charge in [-0.1, -0.05) is 227 Å². The average Bonchev–Trinajstić information content (AvgIpc) is 3.35. The third kappa shape index (κ3) is 38.7. The molecule has 1 amide bonds. The summed E-state index contributed by atoms with van der Waals surface area (Å²) in [5.41, 5.74) is 0. The van der Waals surface area contributed by atoms with Crippen molar-refractivity contribution in [1.82, 2.24) is 5.32 Å². The van der Waals surface area contributed by atoms with E-state index in [2.05, 4.69) is 92.1 Å². The van der Waals surface area contributed by atoms with Crippen LogP contribution in [-0.2, 0) is 14.3 Å². The quantitative estimate of drug-likeness (QED) is 0.0261. The molecule has 0 aromatic heterocycles. The zero-order chi connectivity index (χ0) is 50.1. The van der Waals surface area contributed by atoms with Gasteiger partial charge < -0.3 is 40.3 Å². The Labute approximate surface area is 422 Å². The molecule has 9 nitrogen and oxygen atoms in total. The number of hydrogen-bond acceptors (Lipinski definition) is 8. The summed E-state index contributed by atoms with van der Waals surface area (Å²) in [5.74, 6) is -0.192. The number of ether oxygens (including phenoxy) is 2. The molecule has 7 atom stereocenters. The molecular weight excluding hydrogens is 863 g/mol.